The van der Waals surface area contributed by atoms with Gasteiger partial charge in [0.05, 0.1) is 5.56 Å². The van der Waals surface area contributed by atoms with Crippen molar-refractivity contribution < 1.29 is 22.9 Å². The molecule has 0 aliphatic rings. The fraction of sp³-hybridized carbons (Fsp3) is 0. The summed E-state index contributed by atoms with van der Waals surface area (Å²) in [5.74, 6) is -1.44. The Morgan fingerprint density at radius 3 is 2.36 bits per heavy atom. The second kappa shape index (κ2) is 4.85. The molecule has 0 spiro atoms. The molecule has 0 saturated carbocycles. The quantitative estimate of drug-likeness (QED) is 0.527. The van der Waals surface area contributed by atoms with Gasteiger partial charge in [-0.3, -0.25) is 9.54 Å². The van der Waals surface area contributed by atoms with Gasteiger partial charge in [0.2, 0.25) is 0 Å². The first-order valence-electron chi connectivity index (χ1n) is 3.07. The summed E-state index contributed by atoms with van der Waals surface area (Å²) in [6, 6.07) is 0.992. The summed E-state index contributed by atoms with van der Waals surface area (Å²) in [5, 5.41) is 8.53. The number of nitrogens with zero attached hydrogens (tertiary/aromatic N) is 1. The maximum atomic E-state index is 10.6. The molecule has 71 valence electrons. The molecule has 0 aliphatic carbocycles. The molecule has 0 unspecified atom stereocenters. The van der Waals surface area contributed by atoms with Crippen LogP contribution in [-0.2, 0) is 10.1 Å². The molecule has 1 rings (SSSR count). The number of aromatic nitrogens is 1. The number of hydrogen-bond donors (Lipinski definition) is 2. The zero-order valence-electron chi connectivity index (χ0n) is 7.21. The van der Waals surface area contributed by atoms with Crippen LogP contribution in [0.15, 0.2) is 23.4 Å². The third kappa shape index (κ3) is 3.03. The van der Waals surface area contributed by atoms with Crippen LogP contribution in [-0.4, -0.2) is 58.6 Å². The zero-order valence-corrected chi connectivity index (χ0v) is 10.0. The van der Waals surface area contributed by atoms with Crippen molar-refractivity contribution in [1.29, 1.82) is 0 Å². The van der Waals surface area contributed by atoms with Crippen molar-refractivity contribution in [3.05, 3.63) is 24.0 Å². The van der Waals surface area contributed by atoms with Gasteiger partial charge in [0.15, 0.2) is 0 Å². The fourth-order valence-electron chi connectivity index (χ4n) is 0.762. The number of pyridine rings is 1. The van der Waals surface area contributed by atoms with Crippen molar-refractivity contribution in [1.82, 2.24) is 4.98 Å². The maximum Gasteiger partial charge on any atom is 0.337 e. The monoisotopic (exact) mass is 226 g/mol. The third-order valence-electron chi connectivity index (χ3n) is 1.29. The van der Waals surface area contributed by atoms with E-state index in [0.717, 1.165) is 18.5 Å². The molecule has 6 nitrogen and oxygen atoms in total. The Bertz CT molecular complexity index is 443. The standard InChI is InChI=1S/C6H5NO5S.Na/c8-6(9)4-1-2-7-3-5(4)13(10,11)12;/h1-3H,(H,8,9)(H,10,11,12);. The average Bonchev–Trinajstić information content (AvgIpc) is 2.03. The number of hydrogen-bond acceptors (Lipinski definition) is 4. The van der Waals surface area contributed by atoms with Crippen molar-refractivity contribution in [3.63, 3.8) is 0 Å². The molecule has 8 heteroatoms. The van der Waals surface area contributed by atoms with Crippen molar-refractivity contribution in [2.45, 2.75) is 4.90 Å². The molecule has 0 saturated heterocycles. The zero-order chi connectivity index (χ0) is 10.1. The van der Waals surface area contributed by atoms with Crippen LogP contribution < -0.4 is 0 Å². The third-order valence-corrected chi connectivity index (χ3v) is 2.17. The summed E-state index contributed by atoms with van der Waals surface area (Å²) in [6.45, 7) is 0. The van der Waals surface area contributed by atoms with Crippen molar-refractivity contribution >= 4 is 45.6 Å². The predicted molar refractivity (Wildman–Crippen MR) is 46.8 cm³/mol. The summed E-state index contributed by atoms with van der Waals surface area (Å²) in [5.41, 5.74) is -0.502. The van der Waals surface area contributed by atoms with E-state index >= 15 is 0 Å². The van der Waals surface area contributed by atoms with Gasteiger partial charge in [-0.2, -0.15) is 8.42 Å². The van der Waals surface area contributed by atoms with Crippen LogP contribution in [0.3, 0.4) is 0 Å². The summed E-state index contributed by atoms with van der Waals surface area (Å²) in [4.78, 5) is 13.2. The van der Waals surface area contributed by atoms with Gasteiger partial charge in [-0.25, -0.2) is 4.79 Å². The first-order chi connectivity index (χ1) is 5.93. The Morgan fingerprint density at radius 1 is 1.43 bits per heavy atom. The van der Waals surface area contributed by atoms with Crippen LogP contribution in [0.1, 0.15) is 10.4 Å². The normalized spacial score (nSPS) is 10.4. The van der Waals surface area contributed by atoms with Crippen LogP contribution in [0.25, 0.3) is 0 Å². The second-order valence-electron chi connectivity index (χ2n) is 2.15. The van der Waals surface area contributed by atoms with Gasteiger partial charge in [-0.1, -0.05) is 0 Å². The summed E-state index contributed by atoms with van der Waals surface area (Å²) in [6.07, 6.45) is 1.90. The predicted octanol–water partition coefficient (Wildman–Crippen LogP) is -0.354. The van der Waals surface area contributed by atoms with Gasteiger partial charge in [-0.15, -0.1) is 0 Å². The minimum atomic E-state index is -4.52. The van der Waals surface area contributed by atoms with Crippen LogP contribution in [0.5, 0.6) is 0 Å². The summed E-state index contributed by atoms with van der Waals surface area (Å²) >= 11 is 0. The molecule has 14 heavy (non-hydrogen) atoms. The Morgan fingerprint density at radius 2 is 2.00 bits per heavy atom. The molecule has 1 radical (unpaired) electrons. The Kier molecular flexibility index (Phi) is 4.69. The Labute approximate surface area is 102 Å². The number of carboxylic acid groups (broad SMARTS) is 1. The maximum absolute atomic E-state index is 10.6. The molecule has 1 aromatic heterocycles. The molecule has 0 bridgehead atoms. The largest absolute Gasteiger partial charge is 0.478 e. The molecular formula is C6H5NNaO5S. The Balaban J connectivity index is 0.00000169. The summed E-state index contributed by atoms with van der Waals surface area (Å²) < 4.78 is 29.8. The molecule has 0 amide bonds. The number of rotatable bonds is 2. The molecule has 0 atom stereocenters. The average molecular weight is 226 g/mol. The van der Waals surface area contributed by atoms with Crippen LogP contribution in [0.4, 0.5) is 0 Å². The van der Waals surface area contributed by atoms with Crippen LogP contribution in [0.2, 0.25) is 0 Å². The van der Waals surface area contributed by atoms with E-state index in [0.29, 0.717) is 0 Å². The van der Waals surface area contributed by atoms with Gasteiger partial charge in [-0.05, 0) is 6.07 Å². The summed E-state index contributed by atoms with van der Waals surface area (Å²) in [7, 11) is -4.52. The van der Waals surface area contributed by atoms with Crippen LogP contribution in [0, 0.1) is 0 Å². The smallest absolute Gasteiger partial charge is 0.337 e. The van der Waals surface area contributed by atoms with E-state index < -0.39 is 26.5 Å². The minimum absolute atomic E-state index is 0. The van der Waals surface area contributed by atoms with Gasteiger partial charge in [0.25, 0.3) is 10.1 Å². The second-order valence-corrected chi connectivity index (χ2v) is 3.54. The van der Waals surface area contributed by atoms with E-state index in [2.05, 4.69) is 4.98 Å². The first-order valence-corrected chi connectivity index (χ1v) is 4.51. The van der Waals surface area contributed by atoms with E-state index in [9.17, 15) is 13.2 Å². The van der Waals surface area contributed by atoms with E-state index in [4.69, 9.17) is 9.66 Å². The van der Waals surface area contributed by atoms with E-state index in [-0.39, 0.29) is 29.6 Å². The molecule has 2 N–H and O–H groups in total. The van der Waals surface area contributed by atoms with Crippen molar-refractivity contribution in [3.8, 4) is 0 Å². The number of carbonyl (C=O) groups is 1. The molecule has 0 aromatic carbocycles. The molecular weight excluding hydrogens is 221 g/mol. The van der Waals surface area contributed by atoms with E-state index in [1.807, 2.05) is 0 Å². The van der Waals surface area contributed by atoms with Gasteiger partial charge < -0.3 is 5.11 Å². The molecule has 0 aliphatic heterocycles. The van der Waals surface area contributed by atoms with Crippen molar-refractivity contribution in [2.24, 2.45) is 0 Å². The molecule has 1 heterocycles. The number of carboxylic acids is 1. The Hall–Kier alpha value is -0.470. The topological polar surface area (TPSA) is 105 Å². The van der Waals surface area contributed by atoms with E-state index in [1.165, 1.54) is 0 Å². The van der Waals surface area contributed by atoms with Gasteiger partial charge in [0.1, 0.15) is 4.90 Å². The SMILES string of the molecule is O=C(O)c1ccncc1S(=O)(=O)O.[Na]. The molecule has 0 fully saturated rings. The van der Waals surface area contributed by atoms with Crippen molar-refractivity contribution in [2.75, 3.05) is 0 Å². The first kappa shape index (κ1) is 13.5. The van der Waals surface area contributed by atoms with Gasteiger partial charge in [0, 0.05) is 42.0 Å². The van der Waals surface area contributed by atoms with Gasteiger partial charge >= 0.3 is 5.97 Å². The van der Waals surface area contributed by atoms with Crippen LogP contribution >= 0.6 is 0 Å². The van der Waals surface area contributed by atoms with E-state index in [1.54, 1.807) is 0 Å². The molecule has 1 aromatic rings. The fourth-order valence-corrected chi connectivity index (χ4v) is 1.39. The minimum Gasteiger partial charge on any atom is -0.478 e. The number of aromatic carboxylic acids is 1.